The van der Waals surface area contributed by atoms with E-state index >= 15 is 0 Å². The van der Waals surface area contributed by atoms with Gasteiger partial charge in [-0.15, -0.1) is 0 Å². The Labute approximate surface area is 58.9 Å². The van der Waals surface area contributed by atoms with Gasteiger partial charge in [-0.05, 0) is 13.0 Å². The van der Waals surface area contributed by atoms with Crippen LogP contribution in [0, 0.1) is 0 Å². The minimum atomic E-state index is -0.113. The summed E-state index contributed by atoms with van der Waals surface area (Å²) >= 11 is 0. The molecule has 0 fully saturated rings. The van der Waals surface area contributed by atoms with Crippen LogP contribution in [0.4, 0.5) is 0 Å². The Morgan fingerprint density at radius 1 is 1.70 bits per heavy atom. The van der Waals surface area contributed by atoms with Crippen LogP contribution in [-0.2, 0) is 7.05 Å². The molecule has 3 heteroatoms. The first-order chi connectivity index (χ1) is 4.63. The molecule has 1 heterocycles. The van der Waals surface area contributed by atoms with Gasteiger partial charge in [0.05, 0.1) is 5.56 Å². The monoisotopic (exact) mass is 139 g/mol. The van der Waals surface area contributed by atoms with Crippen molar-refractivity contribution in [2.45, 2.75) is 6.92 Å². The summed E-state index contributed by atoms with van der Waals surface area (Å²) in [6.07, 6.45) is 1.64. The van der Waals surface area contributed by atoms with E-state index in [4.69, 9.17) is 5.11 Å². The van der Waals surface area contributed by atoms with Crippen molar-refractivity contribution in [1.82, 2.24) is 4.57 Å². The van der Waals surface area contributed by atoms with E-state index in [1.807, 2.05) is 0 Å². The molecule has 3 nitrogen and oxygen atoms in total. The van der Waals surface area contributed by atoms with Gasteiger partial charge >= 0.3 is 0 Å². The Kier molecular flexibility index (Phi) is 1.49. The lowest BCUT2D eigenvalue weighted by molar-refractivity contribution is 0.101. The van der Waals surface area contributed by atoms with Gasteiger partial charge in [-0.25, -0.2) is 0 Å². The highest BCUT2D eigenvalue weighted by atomic mass is 16.3. The van der Waals surface area contributed by atoms with Crippen LogP contribution in [0.5, 0.6) is 5.88 Å². The zero-order chi connectivity index (χ0) is 7.72. The minimum Gasteiger partial charge on any atom is -0.494 e. The van der Waals surface area contributed by atoms with Crippen molar-refractivity contribution < 1.29 is 9.90 Å². The van der Waals surface area contributed by atoms with Crippen molar-refractivity contribution in [1.29, 1.82) is 0 Å². The van der Waals surface area contributed by atoms with E-state index in [0.717, 1.165) is 0 Å². The third-order valence-electron chi connectivity index (χ3n) is 1.42. The molecular formula is C7H9NO2. The molecular weight excluding hydrogens is 130 g/mol. The Hall–Kier alpha value is -1.25. The molecule has 0 atom stereocenters. The van der Waals surface area contributed by atoms with E-state index < -0.39 is 0 Å². The number of aryl methyl sites for hydroxylation is 1. The lowest BCUT2D eigenvalue weighted by Gasteiger charge is -1.94. The van der Waals surface area contributed by atoms with Crippen molar-refractivity contribution >= 4 is 5.78 Å². The predicted octanol–water partition coefficient (Wildman–Crippen LogP) is 0.933. The minimum absolute atomic E-state index is 0.0347. The first kappa shape index (κ1) is 6.86. The average molecular weight is 139 g/mol. The third kappa shape index (κ3) is 0.900. The number of hydrogen-bond acceptors (Lipinski definition) is 2. The van der Waals surface area contributed by atoms with Crippen molar-refractivity contribution in [3.8, 4) is 5.88 Å². The van der Waals surface area contributed by atoms with Gasteiger partial charge in [-0.3, -0.25) is 4.79 Å². The molecule has 0 bridgehead atoms. The maximum Gasteiger partial charge on any atom is 0.201 e. The average Bonchev–Trinajstić information content (AvgIpc) is 2.14. The van der Waals surface area contributed by atoms with Crippen LogP contribution < -0.4 is 0 Å². The number of carbonyl (C=O) groups is 1. The lowest BCUT2D eigenvalue weighted by Crippen LogP contribution is -1.90. The maximum atomic E-state index is 10.7. The SMILES string of the molecule is CC(=O)c1ccn(C)c1O. The largest absolute Gasteiger partial charge is 0.494 e. The molecule has 0 spiro atoms. The Morgan fingerprint density at radius 2 is 2.30 bits per heavy atom. The molecule has 0 aliphatic heterocycles. The number of hydrogen-bond donors (Lipinski definition) is 1. The Bertz CT molecular complexity index is 263. The quantitative estimate of drug-likeness (QED) is 0.588. The van der Waals surface area contributed by atoms with Gasteiger partial charge in [0, 0.05) is 13.2 Å². The molecule has 0 aliphatic rings. The normalized spacial score (nSPS) is 9.80. The van der Waals surface area contributed by atoms with Crippen LogP contribution in [0.2, 0.25) is 0 Å². The maximum absolute atomic E-state index is 10.7. The van der Waals surface area contributed by atoms with Gasteiger partial charge in [-0.1, -0.05) is 0 Å². The van der Waals surface area contributed by atoms with Crippen molar-refractivity contribution in [3.63, 3.8) is 0 Å². The summed E-state index contributed by atoms with van der Waals surface area (Å²) in [5.41, 5.74) is 0.377. The molecule has 54 valence electrons. The van der Waals surface area contributed by atoms with Crippen molar-refractivity contribution in [2.75, 3.05) is 0 Å². The lowest BCUT2D eigenvalue weighted by atomic mass is 10.2. The number of ketones is 1. The van der Waals surface area contributed by atoms with E-state index in [-0.39, 0.29) is 11.7 Å². The summed E-state index contributed by atoms with van der Waals surface area (Å²) in [4.78, 5) is 10.7. The molecule has 1 rings (SSSR count). The van der Waals surface area contributed by atoms with Crippen LogP contribution in [0.25, 0.3) is 0 Å². The highest BCUT2D eigenvalue weighted by Crippen LogP contribution is 2.16. The number of aromatic hydroxyl groups is 1. The fourth-order valence-corrected chi connectivity index (χ4v) is 0.796. The fourth-order valence-electron chi connectivity index (χ4n) is 0.796. The molecule has 0 amide bonds. The molecule has 1 N–H and O–H groups in total. The predicted molar refractivity (Wildman–Crippen MR) is 37.1 cm³/mol. The Morgan fingerprint density at radius 3 is 2.50 bits per heavy atom. The van der Waals surface area contributed by atoms with Gasteiger partial charge < -0.3 is 9.67 Å². The number of carbonyl (C=O) groups excluding carboxylic acids is 1. The summed E-state index contributed by atoms with van der Waals surface area (Å²) < 4.78 is 1.50. The molecule has 0 radical (unpaired) electrons. The third-order valence-corrected chi connectivity index (χ3v) is 1.42. The van der Waals surface area contributed by atoms with Crippen LogP contribution in [-0.4, -0.2) is 15.5 Å². The standard InChI is InChI=1S/C7H9NO2/c1-5(9)6-3-4-8(2)7(6)10/h3-4,10H,1-2H3. The van der Waals surface area contributed by atoms with Gasteiger partial charge in [0.15, 0.2) is 5.78 Å². The molecule has 0 unspecified atom stereocenters. The number of rotatable bonds is 1. The zero-order valence-corrected chi connectivity index (χ0v) is 5.96. The highest BCUT2D eigenvalue weighted by molar-refractivity contribution is 5.96. The zero-order valence-electron chi connectivity index (χ0n) is 5.96. The Balaban J connectivity index is 3.17. The van der Waals surface area contributed by atoms with E-state index in [0.29, 0.717) is 5.56 Å². The summed E-state index contributed by atoms with van der Waals surface area (Å²) in [6, 6.07) is 1.59. The molecule has 0 aliphatic carbocycles. The summed E-state index contributed by atoms with van der Waals surface area (Å²) in [5, 5.41) is 9.15. The molecule has 0 aromatic carbocycles. The van der Waals surface area contributed by atoms with Crippen LogP contribution in [0.1, 0.15) is 17.3 Å². The molecule has 1 aromatic heterocycles. The van der Waals surface area contributed by atoms with E-state index in [9.17, 15) is 4.79 Å². The summed E-state index contributed by atoms with van der Waals surface area (Å²) in [6.45, 7) is 1.43. The second kappa shape index (κ2) is 2.17. The molecule has 10 heavy (non-hydrogen) atoms. The van der Waals surface area contributed by atoms with E-state index in [1.54, 1.807) is 19.3 Å². The molecule has 0 saturated carbocycles. The van der Waals surface area contributed by atoms with Gasteiger partial charge in [0.25, 0.3) is 0 Å². The molecule has 0 saturated heterocycles. The first-order valence-electron chi connectivity index (χ1n) is 2.98. The topological polar surface area (TPSA) is 42.2 Å². The van der Waals surface area contributed by atoms with Gasteiger partial charge in [0.1, 0.15) is 0 Å². The number of aromatic nitrogens is 1. The van der Waals surface area contributed by atoms with E-state index in [1.165, 1.54) is 11.5 Å². The van der Waals surface area contributed by atoms with Crippen molar-refractivity contribution in [2.24, 2.45) is 7.05 Å². The van der Waals surface area contributed by atoms with E-state index in [2.05, 4.69) is 0 Å². The first-order valence-corrected chi connectivity index (χ1v) is 2.98. The van der Waals surface area contributed by atoms with Crippen LogP contribution >= 0.6 is 0 Å². The fraction of sp³-hybridized carbons (Fsp3) is 0.286. The van der Waals surface area contributed by atoms with Crippen molar-refractivity contribution in [3.05, 3.63) is 17.8 Å². The number of Topliss-reactive ketones (excluding diaryl/α,β-unsaturated/α-hetero) is 1. The van der Waals surface area contributed by atoms with Gasteiger partial charge in [-0.2, -0.15) is 0 Å². The van der Waals surface area contributed by atoms with Crippen LogP contribution in [0.3, 0.4) is 0 Å². The molecule has 1 aromatic rings. The summed E-state index contributed by atoms with van der Waals surface area (Å²) in [5.74, 6) is -0.0781. The smallest absolute Gasteiger partial charge is 0.201 e. The van der Waals surface area contributed by atoms with Crippen LogP contribution in [0.15, 0.2) is 12.3 Å². The second-order valence-corrected chi connectivity index (χ2v) is 2.22. The second-order valence-electron chi connectivity index (χ2n) is 2.22. The highest BCUT2D eigenvalue weighted by Gasteiger charge is 2.07. The van der Waals surface area contributed by atoms with Gasteiger partial charge in [0.2, 0.25) is 5.88 Å². The summed E-state index contributed by atoms with van der Waals surface area (Å²) in [7, 11) is 1.68. The number of nitrogens with zero attached hydrogens (tertiary/aromatic N) is 1.